The molecule has 0 saturated carbocycles. The summed E-state index contributed by atoms with van der Waals surface area (Å²) in [5.41, 5.74) is 5.70. The standard InChI is InChI=1S/C14H31N3O2/c1-12(2)9-13(11-15)10-14(18)16-5-6-17(3)7-8-19-4/h12-13H,5-11,15H2,1-4H3,(H,16,18). The highest BCUT2D eigenvalue weighted by atomic mass is 16.5. The van der Waals surface area contributed by atoms with Crippen molar-refractivity contribution in [1.29, 1.82) is 0 Å². The van der Waals surface area contributed by atoms with Gasteiger partial charge in [0.05, 0.1) is 6.61 Å². The molecular formula is C14H31N3O2. The van der Waals surface area contributed by atoms with E-state index in [0.717, 1.165) is 19.5 Å². The van der Waals surface area contributed by atoms with E-state index in [0.29, 0.717) is 38.0 Å². The monoisotopic (exact) mass is 273 g/mol. The van der Waals surface area contributed by atoms with Gasteiger partial charge < -0.3 is 20.7 Å². The van der Waals surface area contributed by atoms with Gasteiger partial charge in [0.2, 0.25) is 5.91 Å². The van der Waals surface area contributed by atoms with Gasteiger partial charge in [0.25, 0.3) is 0 Å². The van der Waals surface area contributed by atoms with Crippen LogP contribution in [0.2, 0.25) is 0 Å². The second kappa shape index (κ2) is 11.2. The highest BCUT2D eigenvalue weighted by Crippen LogP contribution is 2.13. The van der Waals surface area contributed by atoms with Gasteiger partial charge in [0, 0.05) is 33.2 Å². The summed E-state index contributed by atoms with van der Waals surface area (Å²) in [7, 11) is 3.71. The van der Waals surface area contributed by atoms with Gasteiger partial charge in [0.1, 0.15) is 0 Å². The van der Waals surface area contributed by atoms with Crippen LogP contribution >= 0.6 is 0 Å². The lowest BCUT2D eigenvalue weighted by Gasteiger charge is -2.18. The van der Waals surface area contributed by atoms with Crippen molar-refractivity contribution in [3.63, 3.8) is 0 Å². The van der Waals surface area contributed by atoms with E-state index >= 15 is 0 Å². The van der Waals surface area contributed by atoms with Gasteiger partial charge in [-0.05, 0) is 31.8 Å². The van der Waals surface area contributed by atoms with Crippen molar-refractivity contribution in [1.82, 2.24) is 10.2 Å². The topological polar surface area (TPSA) is 67.6 Å². The number of methoxy groups -OCH3 is 1. The van der Waals surface area contributed by atoms with E-state index in [2.05, 4.69) is 24.1 Å². The lowest BCUT2D eigenvalue weighted by atomic mass is 9.94. The largest absolute Gasteiger partial charge is 0.383 e. The van der Waals surface area contributed by atoms with E-state index in [1.165, 1.54) is 0 Å². The molecule has 19 heavy (non-hydrogen) atoms. The molecule has 0 spiro atoms. The number of carbonyl (C=O) groups excluding carboxylic acids is 1. The molecule has 0 heterocycles. The number of likely N-dealkylation sites (N-methyl/N-ethyl adjacent to an activating group) is 1. The number of nitrogens with two attached hydrogens (primary N) is 1. The van der Waals surface area contributed by atoms with Crippen LogP contribution in [0.5, 0.6) is 0 Å². The summed E-state index contributed by atoms with van der Waals surface area (Å²) in [5.74, 6) is 0.990. The molecule has 0 rings (SSSR count). The average Bonchev–Trinajstić information content (AvgIpc) is 2.34. The molecule has 0 bridgehead atoms. The summed E-state index contributed by atoms with van der Waals surface area (Å²) in [6.07, 6.45) is 1.55. The van der Waals surface area contributed by atoms with Crippen LogP contribution in [-0.4, -0.2) is 57.8 Å². The number of hydrogen-bond acceptors (Lipinski definition) is 4. The predicted octanol–water partition coefficient (Wildman–Crippen LogP) is 0.692. The minimum atomic E-state index is 0.108. The number of nitrogens with zero attached hydrogens (tertiary/aromatic N) is 1. The Hall–Kier alpha value is -0.650. The van der Waals surface area contributed by atoms with E-state index in [1.807, 2.05) is 7.05 Å². The van der Waals surface area contributed by atoms with Crippen molar-refractivity contribution in [3.05, 3.63) is 0 Å². The fourth-order valence-electron chi connectivity index (χ4n) is 2.01. The maximum Gasteiger partial charge on any atom is 0.220 e. The second-order valence-corrected chi connectivity index (χ2v) is 5.58. The van der Waals surface area contributed by atoms with Crippen molar-refractivity contribution in [2.45, 2.75) is 26.7 Å². The highest BCUT2D eigenvalue weighted by Gasteiger charge is 2.13. The van der Waals surface area contributed by atoms with E-state index in [-0.39, 0.29) is 5.91 Å². The van der Waals surface area contributed by atoms with Crippen molar-refractivity contribution >= 4 is 5.91 Å². The summed E-state index contributed by atoms with van der Waals surface area (Å²) < 4.78 is 5.00. The molecule has 0 aliphatic heterocycles. The molecule has 0 fully saturated rings. The summed E-state index contributed by atoms with van der Waals surface area (Å²) in [5, 5.41) is 2.95. The molecule has 0 saturated heterocycles. The maximum atomic E-state index is 11.8. The van der Waals surface area contributed by atoms with Crippen LogP contribution in [0.25, 0.3) is 0 Å². The first-order valence-electron chi connectivity index (χ1n) is 7.13. The fourth-order valence-corrected chi connectivity index (χ4v) is 2.01. The molecule has 1 atom stereocenters. The highest BCUT2D eigenvalue weighted by molar-refractivity contribution is 5.76. The van der Waals surface area contributed by atoms with E-state index in [1.54, 1.807) is 7.11 Å². The Morgan fingerprint density at radius 2 is 2.05 bits per heavy atom. The lowest BCUT2D eigenvalue weighted by molar-refractivity contribution is -0.122. The zero-order valence-electron chi connectivity index (χ0n) is 12.9. The molecule has 0 aliphatic carbocycles. The molecule has 0 aliphatic rings. The Morgan fingerprint density at radius 1 is 1.37 bits per heavy atom. The third-order valence-corrected chi connectivity index (χ3v) is 3.10. The molecule has 0 aromatic rings. The quantitative estimate of drug-likeness (QED) is 0.581. The molecule has 5 heteroatoms. The smallest absolute Gasteiger partial charge is 0.220 e. The number of nitrogens with one attached hydrogen (secondary N) is 1. The first-order valence-corrected chi connectivity index (χ1v) is 7.13. The Labute approximate surface area is 117 Å². The van der Waals surface area contributed by atoms with Gasteiger partial charge in [0.15, 0.2) is 0 Å². The first kappa shape index (κ1) is 18.4. The Bertz CT molecular complexity index is 235. The zero-order valence-corrected chi connectivity index (χ0v) is 12.9. The Morgan fingerprint density at radius 3 is 2.58 bits per heavy atom. The zero-order chi connectivity index (χ0) is 14.7. The molecule has 0 radical (unpaired) electrons. The van der Waals surface area contributed by atoms with Crippen molar-refractivity contribution in [2.24, 2.45) is 17.6 Å². The van der Waals surface area contributed by atoms with Crippen molar-refractivity contribution in [2.75, 3.05) is 46.9 Å². The molecule has 1 amide bonds. The predicted molar refractivity (Wildman–Crippen MR) is 79.0 cm³/mol. The number of hydrogen-bond donors (Lipinski definition) is 2. The fraction of sp³-hybridized carbons (Fsp3) is 0.929. The third kappa shape index (κ3) is 10.9. The van der Waals surface area contributed by atoms with Crippen molar-refractivity contribution < 1.29 is 9.53 Å². The van der Waals surface area contributed by atoms with Gasteiger partial charge >= 0.3 is 0 Å². The summed E-state index contributed by atoms with van der Waals surface area (Å²) in [6.45, 7) is 8.01. The third-order valence-electron chi connectivity index (χ3n) is 3.10. The molecule has 0 aromatic carbocycles. The van der Waals surface area contributed by atoms with Crippen LogP contribution in [0.4, 0.5) is 0 Å². The minimum Gasteiger partial charge on any atom is -0.383 e. The van der Waals surface area contributed by atoms with Gasteiger partial charge in [-0.3, -0.25) is 4.79 Å². The van der Waals surface area contributed by atoms with E-state index in [4.69, 9.17) is 10.5 Å². The first-order chi connectivity index (χ1) is 8.99. The number of ether oxygens (including phenoxy) is 1. The maximum absolute atomic E-state index is 11.8. The van der Waals surface area contributed by atoms with Gasteiger partial charge in [-0.1, -0.05) is 13.8 Å². The van der Waals surface area contributed by atoms with Crippen molar-refractivity contribution in [3.8, 4) is 0 Å². The molecule has 0 aromatic heterocycles. The molecule has 5 nitrogen and oxygen atoms in total. The lowest BCUT2D eigenvalue weighted by Crippen LogP contribution is -2.35. The van der Waals surface area contributed by atoms with Gasteiger partial charge in [-0.2, -0.15) is 0 Å². The number of amides is 1. The Balaban J connectivity index is 3.73. The van der Waals surface area contributed by atoms with Crippen LogP contribution in [0, 0.1) is 11.8 Å². The second-order valence-electron chi connectivity index (χ2n) is 5.58. The summed E-state index contributed by atoms with van der Waals surface area (Å²) in [6, 6.07) is 0. The van der Waals surface area contributed by atoms with Crippen LogP contribution in [0.3, 0.4) is 0 Å². The number of carbonyl (C=O) groups is 1. The Kier molecular flexibility index (Phi) is 10.8. The van der Waals surface area contributed by atoms with Crippen LogP contribution < -0.4 is 11.1 Å². The van der Waals surface area contributed by atoms with Gasteiger partial charge in [-0.15, -0.1) is 0 Å². The van der Waals surface area contributed by atoms with E-state index < -0.39 is 0 Å². The molecule has 3 N–H and O–H groups in total. The van der Waals surface area contributed by atoms with Gasteiger partial charge in [-0.25, -0.2) is 0 Å². The van der Waals surface area contributed by atoms with Crippen LogP contribution in [0.15, 0.2) is 0 Å². The SMILES string of the molecule is COCCN(C)CCNC(=O)CC(CN)CC(C)C. The summed E-state index contributed by atoms with van der Waals surface area (Å²) in [4.78, 5) is 13.9. The van der Waals surface area contributed by atoms with Crippen LogP contribution in [0.1, 0.15) is 26.7 Å². The average molecular weight is 273 g/mol. The normalized spacial score (nSPS) is 13.0. The summed E-state index contributed by atoms with van der Waals surface area (Å²) >= 11 is 0. The molecule has 114 valence electrons. The van der Waals surface area contributed by atoms with Crippen LogP contribution in [-0.2, 0) is 9.53 Å². The minimum absolute atomic E-state index is 0.108. The molecular weight excluding hydrogens is 242 g/mol. The van der Waals surface area contributed by atoms with E-state index in [9.17, 15) is 4.79 Å². The molecule has 1 unspecified atom stereocenters. The number of rotatable bonds is 11.